The van der Waals surface area contributed by atoms with Crippen LogP contribution in [0.4, 0.5) is 0 Å². The van der Waals surface area contributed by atoms with Gasteiger partial charge < -0.3 is 0 Å². The Balaban J connectivity index is 2.94. The fourth-order valence-electron chi connectivity index (χ4n) is 0.200. The number of thiol groups is 1. The summed E-state index contributed by atoms with van der Waals surface area (Å²) in [6, 6.07) is 0. The summed E-state index contributed by atoms with van der Waals surface area (Å²) in [6.07, 6.45) is 0. The van der Waals surface area contributed by atoms with Crippen LogP contribution in [0, 0.1) is 0 Å². The zero-order valence-electron chi connectivity index (χ0n) is 4.59. The molecular formula is C3H9NO3S. The molecule has 0 saturated heterocycles. The SMILES string of the molecule is CCNCO[SH](=O)=O. The second-order valence-electron chi connectivity index (χ2n) is 1.10. The monoisotopic (exact) mass is 139 g/mol. The molecule has 0 saturated carbocycles. The third-order valence-corrected chi connectivity index (χ3v) is 0.862. The molecule has 0 aromatic heterocycles. The summed E-state index contributed by atoms with van der Waals surface area (Å²) in [5.41, 5.74) is 0. The van der Waals surface area contributed by atoms with Gasteiger partial charge in [0.1, 0.15) is 6.73 Å². The van der Waals surface area contributed by atoms with E-state index in [1.807, 2.05) is 6.92 Å². The Morgan fingerprint density at radius 1 is 1.62 bits per heavy atom. The summed E-state index contributed by atoms with van der Waals surface area (Å²) in [5.74, 6) is 0. The summed E-state index contributed by atoms with van der Waals surface area (Å²) in [6.45, 7) is 2.65. The molecule has 0 aromatic rings. The molecule has 0 atom stereocenters. The fourth-order valence-corrected chi connectivity index (χ4v) is 0.397. The summed E-state index contributed by atoms with van der Waals surface area (Å²) in [7, 11) is -2.67. The highest BCUT2D eigenvalue weighted by atomic mass is 32.2. The van der Waals surface area contributed by atoms with Gasteiger partial charge >= 0.3 is 0 Å². The van der Waals surface area contributed by atoms with E-state index in [2.05, 4.69) is 9.50 Å². The standard InChI is InChI=1S/C3H9NO3S/c1-2-4-3-7-8(5)6/h4,8H,2-3H2,1H3. The van der Waals surface area contributed by atoms with Gasteiger partial charge in [-0.25, -0.2) is 8.42 Å². The Kier molecular flexibility index (Phi) is 4.93. The molecule has 0 fully saturated rings. The van der Waals surface area contributed by atoms with Crippen LogP contribution in [-0.4, -0.2) is 21.7 Å². The highest BCUT2D eigenvalue weighted by molar-refractivity contribution is 7.67. The summed E-state index contributed by atoms with van der Waals surface area (Å²) >= 11 is 0. The normalized spacial score (nSPS) is 10.2. The van der Waals surface area contributed by atoms with Crippen molar-refractivity contribution < 1.29 is 12.6 Å². The molecule has 0 aliphatic rings. The minimum Gasteiger partial charge on any atom is -0.294 e. The molecule has 0 unspecified atom stereocenters. The van der Waals surface area contributed by atoms with Crippen molar-refractivity contribution in [2.75, 3.05) is 13.3 Å². The fraction of sp³-hybridized carbons (Fsp3) is 1.00. The summed E-state index contributed by atoms with van der Waals surface area (Å²) < 4.78 is 23.4. The largest absolute Gasteiger partial charge is 0.294 e. The van der Waals surface area contributed by atoms with E-state index in [4.69, 9.17) is 0 Å². The van der Waals surface area contributed by atoms with E-state index in [0.717, 1.165) is 0 Å². The van der Waals surface area contributed by atoms with E-state index in [-0.39, 0.29) is 6.73 Å². The van der Waals surface area contributed by atoms with Crippen LogP contribution in [0.3, 0.4) is 0 Å². The number of rotatable bonds is 4. The first kappa shape index (κ1) is 7.87. The molecule has 50 valence electrons. The molecule has 0 aliphatic heterocycles. The van der Waals surface area contributed by atoms with Crippen molar-refractivity contribution in [2.24, 2.45) is 0 Å². The minimum atomic E-state index is -2.67. The van der Waals surface area contributed by atoms with Gasteiger partial charge in [0.15, 0.2) is 0 Å². The lowest BCUT2D eigenvalue weighted by Gasteiger charge is -1.93. The number of nitrogens with one attached hydrogen (secondary N) is 1. The second-order valence-corrected chi connectivity index (χ2v) is 1.81. The second kappa shape index (κ2) is 5.02. The van der Waals surface area contributed by atoms with Crippen LogP contribution in [0.5, 0.6) is 0 Å². The maximum Gasteiger partial charge on any atom is 0.258 e. The van der Waals surface area contributed by atoms with Crippen molar-refractivity contribution in [3.8, 4) is 0 Å². The molecular weight excluding hydrogens is 130 g/mol. The van der Waals surface area contributed by atoms with Crippen LogP contribution in [0.1, 0.15) is 6.92 Å². The quantitative estimate of drug-likeness (QED) is 0.301. The zero-order chi connectivity index (χ0) is 6.41. The van der Waals surface area contributed by atoms with Gasteiger partial charge in [-0.3, -0.25) is 9.50 Å². The molecule has 4 nitrogen and oxygen atoms in total. The molecule has 0 spiro atoms. The molecule has 8 heavy (non-hydrogen) atoms. The van der Waals surface area contributed by atoms with E-state index < -0.39 is 11.0 Å². The van der Waals surface area contributed by atoms with E-state index in [1.165, 1.54) is 0 Å². The van der Waals surface area contributed by atoms with Gasteiger partial charge in [-0.15, -0.1) is 0 Å². The lowest BCUT2D eigenvalue weighted by Crippen LogP contribution is -2.16. The van der Waals surface area contributed by atoms with Crippen molar-refractivity contribution in [1.29, 1.82) is 0 Å². The molecule has 0 bridgehead atoms. The smallest absolute Gasteiger partial charge is 0.258 e. The molecule has 5 heteroatoms. The highest BCUT2D eigenvalue weighted by Crippen LogP contribution is 1.65. The first-order valence-electron chi connectivity index (χ1n) is 2.25. The topological polar surface area (TPSA) is 55.4 Å². The number of hydrogen-bond acceptors (Lipinski definition) is 4. The van der Waals surface area contributed by atoms with Crippen LogP contribution in [-0.2, 0) is 15.2 Å². The van der Waals surface area contributed by atoms with Crippen molar-refractivity contribution >= 4 is 11.0 Å². The molecule has 0 heterocycles. The van der Waals surface area contributed by atoms with Crippen LogP contribution in [0.2, 0.25) is 0 Å². The van der Waals surface area contributed by atoms with Crippen LogP contribution >= 0.6 is 0 Å². The van der Waals surface area contributed by atoms with Gasteiger partial charge in [0.05, 0.1) is 0 Å². The maximum atomic E-state index is 9.65. The Labute approximate surface area is 50.0 Å². The van der Waals surface area contributed by atoms with E-state index in [9.17, 15) is 8.42 Å². The molecule has 0 aromatic carbocycles. The predicted octanol–water partition coefficient (Wildman–Crippen LogP) is -0.904. The van der Waals surface area contributed by atoms with Crippen molar-refractivity contribution in [2.45, 2.75) is 6.92 Å². The molecule has 0 aliphatic carbocycles. The average Bonchev–Trinajstić information content (AvgIpc) is 1.66. The first-order valence-corrected chi connectivity index (χ1v) is 3.35. The molecule has 0 rings (SSSR count). The van der Waals surface area contributed by atoms with Crippen LogP contribution in [0.25, 0.3) is 0 Å². The van der Waals surface area contributed by atoms with Crippen molar-refractivity contribution in [3.63, 3.8) is 0 Å². The van der Waals surface area contributed by atoms with Gasteiger partial charge in [0.25, 0.3) is 11.0 Å². The van der Waals surface area contributed by atoms with Gasteiger partial charge in [-0.2, -0.15) is 0 Å². The summed E-state index contributed by atoms with van der Waals surface area (Å²) in [4.78, 5) is 0. The zero-order valence-corrected chi connectivity index (χ0v) is 5.48. The predicted molar refractivity (Wildman–Crippen MR) is 29.9 cm³/mol. The Morgan fingerprint density at radius 3 is 2.62 bits per heavy atom. The first-order chi connectivity index (χ1) is 3.77. The Hall–Kier alpha value is -0.130. The average molecular weight is 139 g/mol. The van der Waals surface area contributed by atoms with Crippen LogP contribution in [0.15, 0.2) is 0 Å². The third kappa shape index (κ3) is 5.87. The van der Waals surface area contributed by atoms with E-state index >= 15 is 0 Å². The Morgan fingerprint density at radius 2 is 2.25 bits per heavy atom. The highest BCUT2D eigenvalue weighted by Gasteiger charge is 1.80. The molecule has 0 amide bonds. The van der Waals surface area contributed by atoms with Crippen molar-refractivity contribution in [1.82, 2.24) is 5.32 Å². The molecule has 0 radical (unpaired) electrons. The van der Waals surface area contributed by atoms with E-state index in [1.54, 1.807) is 0 Å². The summed E-state index contributed by atoms with van der Waals surface area (Å²) in [5, 5.41) is 2.67. The van der Waals surface area contributed by atoms with Gasteiger partial charge in [-0.1, -0.05) is 6.92 Å². The Bertz CT molecular complexity index is 103. The van der Waals surface area contributed by atoms with Gasteiger partial charge in [0, 0.05) is 0 Å². The lowest BCUT2D eigenvalue weighted by molar-refractivity contribution is 0.303. The minimum absolute atomic E-state index is 0.0786. The van der Waals surface area contributed by atoms with Gasteiger partial charge in [0.2, 0.25) is 0 Å². The van der Waals surface area contributed by atoms with Crippen molar-refractivity contribution in [3.05, 3.63) is 0 Å². The van der Waals surface area contributed by atoms with Gasteiger partial charge in [-0.05, 0) is 6.54 Å². The molecule has 1 N–H and O–H groups in total. The maximum absolute atomic E-state index is 9.65. The third-order valence-electron chi connectivity index (χ3n) is 0.522. The lowest BCUT2D eigenvalue weighted by atomic mass is 10.8. The van der Waals surface area contributed by atoms with E-state index in [0.29, 0.717) is 6.54 Å². The number of hydrogen-bond donors (Lipinski definition) is 2. The van der Waals surface area contributed by atoms with Crippen LogP contribution < -0.4 is 5.32 Å².